The first-order valence-electron chi connectivity index (χ1n) is 3.70. The highest BCUT2D eigenvalue weighted by molar-refractivity contribution is 5.44. The van der Waals surface area contributed by atoms with Gasteiger partial charge in [-0.25, -0.2) is 0 Å². The Morgan fingerprint density at radius 2 is 2.09 bits per heavy atom. The first-order valence-corrected chi connectivity index (χ1v) is 3.70. The maximum atomic E-state index is 10.7. The third-order valence-electron chi connectivity index (χ3n) is 1.51. The zero-order chi connectivity index (χ0) is 8.43. The highest BCUT2D eigenvalue weighted by Crippen LogP contribution is 2.18. The van der Waals surface area contributed by atoms with Crippen molar-refractivity contribution in [2.45, 2.75) is 27.1 Å². The van der Waals surface area contributed by atoms with Crippen LogP contribution < -0.4 is 10.2 Å². The third-order valence-corrected chi connectivity index (χ3v) is 1.51. The Bertz CT molecular complexity index is 245. The summed E-state index contributed by atoms with van der Waals surface area (Å²) in [6, 6.07) is 0. The van der Waals surface area contributed by atoms with Crippen LogP contribution in [0.15, 0.2) is 4.79 Å². The second-order valence-corrected chi connectivity index (χ2v) is 2.42. The van der Waals surface area contributed by atoms with Gasteiger partial charge in [0.25, 0.3) is 0 Å². The Labute approximate surface area is 65.6 Å². The lowest BCUT2D eigenvalue weighted by Crippen LogP contribution is -2.15. The summed E-state index contributed by atoms with van der Waals surface area (Å²) < 4.78 is 10.2. The van der Waals surface area contributed by atoms with Gasteiger partial charge in [0.2, 0.25) is 5.43 Å². The van der Waals surface area contributed by atoms with Crippen molar-refractivity contribution in [1.29, 1.82) is 0 Å². The summed E-state index contributed by atoms with van der Waals surface area (Å²) in [7, 11) is 0. The fraction of sp³-hybridized carbons (Fsp3) is 0.625. The molecule has 11 heavy (non-hydrogen) atoms. The summed E-state index contributed by atoms with van der Waals surface area (Å²) in [6.45, 7) is 6.00. The predicted molar refractivity (Wildman–Crippen MR) is 41.5 cm³/mol. The van der Waals surface area contributed by atoms with Gasteiger partial charge >= 0.3 is 0 Å². The molecule has 1 aromatic carbocycles. The molecule has 0 radical (unpaired) electrons. The van der Waals surface area contributed by atoms with E-state index in [1.807, 2.05) is 6.92 Å². The lowest BCUT2D eigenvalue weighted by molar-refractivity contribution is -0.0598. The van der Waals surface area contributed by atoms with Gasteiger partial charge in [0.05, 0.1) is 0 Å². The molecular weight excluding hydrogens is 144 g/mol. The SMILES string of the molecule is CCOC(C)Oc1c(C)c1=O. The molecule has 0 heterocycles. The first-order chi connectivity index (χ1) is 5.16. The average Bonchev–Trinajstić information content (AvgIpc) is 2.46. The van der Waals surface area contributed by atoms with Crippen molar-refractivity contribution in [3.8, 4) is 5.75 Å². The van der Waals surface area contributed by atoms with Gasteiger partial charge in [-0.1, -0.05) is 0 Å². The predicted octanol–water partition coefficient (Wildman–Crippen LogP) is 0.992. The minimum Gasteiger partial charge on any atom is -0.461 e. The van der Waals surface area contributed by atoms with E-state index in [4.69, 9.17) is 9.47 Å². The van der Waals surface area contributed by atoms with Gasteiger partial charge in [-0.05, 0) is 20.8 Å². The van der Waals surface area contributed by atoms with Crippen molar-refractivity contribution in [3.05, 3.63) is 15.8 Å². The van der Waals surface area contributed by atoms with E-state index in [-0.39, 0.29) is 11.7 Å². The Hall–Kier alpha value is -0.830. The molecule has 1 rings (SSSR count). The summed E-state index contributed by atoms with van der Waals surface area (Å²) in [6.07, 6.45) is -0.309. The van der Waals surface area contributed by atoms with Gasteiger partial charge in [0, 0.05) is 12.2 Å². The Morgan fingerprint density at radius 3 is 2.45 bits per heavy atom. The largest absolute Gasteiger partial charge is 0.461 e. The Kier molecular flexibility index (Phi) is 2.29. The molecule has 0 saturated carbocycles. The van der Waals surface area contributed by atoms with Crippen molar-refractivity contribution in [3.63, 3.8) is 0 Å². The van der Waals surface area contributed by atoms with E-state index in [1.165, 1.54) is 0 Å². The van der Waals surface area contributed by atoms with Gasteiger partial charge in [0.1, 0.15) is 0 Å². The molecule has 0 fully saturated rings. The van der Waals surface area contributed by atoms with Crippen molar-refractivity contribution in [2.24, 2.45) is 0 Å². The van der Waals surface area contributed by atoms with Crippen LogP contribution >= 0.6 is 0 Å². The fourth-order valence-electron chi connectivity index (χ4n) is 0.813. The molecule has 0 aliphatic heterocycles. The number of rotatable bonds is 4. The van der Waals surface area contributed by atoms with Gasteiger partial charge in [-0.2, -0.15) is 0 Å². The second-order valence-electron chi connectivity index (χ2n) is 2.42. The Balaban J connectivity index is 2.33. The molecule has 1 aromatic rings. The summed E-state index contributed by atoms with van der Waals surface area (Å²) in [5.74, 6) is 0.478. The average molecular weight is 156 g/mol. The van der Waals surface area contributed by atoms with E-state index in [0.717, 1.165) is 5.56 Å². The monoisotopic (exact) mass is 156 g/mol. The van der Waals surface area contributed by atoms with E-state index in [9.17, 15) is 4.79 Å². The molecule has 0 saturated heterocycles. The van der Waals surface area contributed by atoms with Crippen molar-refractivity contribution in [1.82, 2.24) is 0 Å². The van der Waals surface area contributed by atoms with Crippen LogP contribution in [0.1, 0.15) is 19.4 Å². The van der Waals surface area contributed by atoms with Crippen LogP contribution in [0, 0.1) is 6.92 Å². The molecule has 3 nitrogen and oxygen atoms in total. The molecule has 0 aliphatic carbocycles. The van der Waals surface area contributed by atoms with Crippen molar-refractivity contribution >= 4 is 0 Å². The molecule has 3 heteroatoms. The number of ether oxygens (including phenoxy) is 2. The standard InChI is InChI=1S/C8H12O3/c1-4-10-6(3)11-8-5(2)7(8)9/h6H,4H2,1-3H3. The topological polar surface area (TPSA) is 35.5 Å². The van der Waals surface area contributed by atoms with Gasteiger partial charge in [0.15, 0.2) is 12.0 Å². The van der Waals surface area contributed by atoms with Crippen molar-refractivity contribution < 1.29 is 9.47 Å². The summed E-state index contributed by atoms with van der Waals surface area (Å²) >= 11 is 0. The molecule has 0 N–H and O–H groups in total. The van der Waals surface area contributed by atoms with Gasteiger partial charge in [-0.15, -0.1) is 0 Å². The number of hydrogen-bond acceptors (Lipinski definition) is 3. The number of hydrogen-bond donors (Lipinski definition) is 0. The van der Waals surface area contributed by atoms with Crippen LogP contribution in [0.4, 0.5) is 0 Å². The Morgan fingerprint density at radius 1 is 1.55 bits per heavy atom. The molecular formula is C8H12O3. The third kappa shape index (κ3) is 1.80. The molecule has 62 valence electrons. The minimum atomic E-state index is -0.309. The van der Waals surface area contributed by atoms with Crippen LogP contribution in [0.2, 0.25) is 0 Å². The van der Waals surface area contributed by atoms with Crippen molar-refractivity contribution in [2.75, 3.05) is 6.61 Å². The molecule has 0 amide bonds. The fourth-order valence-corrected chi connectivity index (χ4v) is 0.813. The van der Waals surface area contributed by atoms with Gasteiger partial charge in [-0.3, -0.25) is 4.79 Å². The molecule has 0 aliphatic rings. The normalized spacial score (nSPS) is 13.7. The minimum absolute atomic E-state index is 0.0246. The zero-order valence-corrected chi connectivity index (χ0v) is 7.01. The maximum absolute atomic E-state index is 10.7. The summed E-state index contributed by atoms with van der Waals surface area (Å²) in [4.78, 5) is 10.7. The van der Waals surface area contributed by atoms with E-state index in [1.54, 1.807) is 13.8 Å². The van der Waals surface area contributed by atoms with Crippen LogP contribution in [0.25, 0.3) is 0 Å². The molecule has 0 bridgehead atoms. The van der Waals surface area contributed by atoms with E-state index in [0.29, 0.717) is 12.4 Å². The lowest BCUT2D eigenvalue weighted by Gasteiger charge is -2.09. The van der Waals surface area contributed by atoms with Crippen LogP contribution in [0.5, 0.6) is 5.75 Å². The quantitative estimate of drug-likeness (QED) is 0.610. The molecule has 1 atom stereocenters. The van der Waals surface area contributed by atoms with Crippen LogP contribution in [-0.4, -0.2) is 12.9 Å². The molecule has 0 aromatic heterocycles. The highest BCUT2D eigenvalue weighted by Gasteiger charge is 2.21. The molecule has 0 spiro atoms. The van der Waals surface area contributed by atoms with E-state index >= 15 is 0 Å². The second kappa shape index (κ2) is 3.05. The lowest BCUT2D eigenvalue weighted by atomic mass is 10.6. The van der Waals surface area contributed by atoms with Crippen LogP contribution in [-0.2, 0) is 4.74 Å². The van der Waals surface area contributed by atoms with E-state index in [2.05, 4.69) is 0 Å². The molecule has 1 unspecified atom stereocenters. The summed E-state index contributed by atoms with van der Waals surface area (Å²) in [5, 5.41) is 0. The maximum Gasteiger partial charge on any atom is 0.227 e. The smallest absolute Gasteiger partial charge is 0.227 e. The summed E-state index contributed by atoms with van der Waals surface area (Å²) in [5.41, 5.74) is 0.744. The highest BCUT2D eigenvalue weighted by atomic mass is 16.7. The van der Waals surface area contributed by atoms with Gasteiger partial charge < -0.3 is 9.47 Å². The van der Waals surface area contributed by atoms with E-state index < -0.39 is 0 Å². The van der Waals surface area contributed by atoms with Crippen LogP contribution in [0.3, 0.4) is 0 Å². The zero-order valence-electron chi connectivity index (χ0n) is 7.01. The first kappa shape index (κ1) is 8.27.